The number of phenolic OH excluding ortho intramolecular Hbond substituents is 3. The number of ether oxygens (including phenoxy) is 3. The molecule has 0 amide bonds. The smallest absolute Gasteiger partial charge is 0.202 e. The monoisotopic (exact) mass is 559 g/mol. The average Bonchev–Trinajstić information content (AvgIpc) is 2.91. The zero-order valence-electron chi connectivity index (χ0n) is 21.6. The average molecular weight is 560 g/mol. The highest BCUT2D eigenvalue weighted by atomic mass is 16.7. The van der Waals surface area contributed by atoms with Gasteiger partial charge in [0, 0.05) is 42.0 Å². The Bertz CT molecular complexity index is 1430. The molecule has 0 bridgehead atoms. The van der Waals surface area contributed by atoms with Crippen molar-refractivity contribution in [2.24, 2.45) is 5.73 Å². The van der Waals surface area contributed by atoms with E-state index in [4.69, 9.17) is 19.9 Å². The van der Waals surface area contributed by atoms with Gasteiger partial charge < -0.3 is 50.6 Å². The molecule has 2 aromatic carbocycles. The fourth-order valence-corrected chi connectivity index (χ4v) is 5.82. The molecule has 40 heavy (non-hydrogen) atoms. The van der Waals surface area contributed by atoms with Crippen LogP contribution in [-0.2, 0) is 20.7 Å². The number of nitrogens with two attached hydrogens (primary N) is 1. The summed E-state index contributed by atoms with van der Waals surface area (Å²) in [6.07, 6.45) is -5.37. The number of phenols is 3. The Kier molecular flexibility index (Phi) is 6.85. The molecule has 3 aliphatic rings. The summed E-state index contributed by atoms with van der Waals surface area (Å²) in [7, 11) is 1.18. The molecule has 2 aromatic rings. The van der Waals surface area contributed by atoms with Crippen LogP contribution in [-0.4, -0.2) is 91.8 Å². The number of aromatic hydroxyl groups is 3. The van der Waals surface area contributed by atoms with Crippen molar-refractivity contribution >= 4 is 17.3 Å². The summed E-state index contributed by atoms with van der Waals surface area (Å²) in [5.74, 6) is -5.03. The summed E-state index contributed by atoms with van der Waals surface area (Å²) in [4.78, 5) is 39.8. The lowest BCUT2D eigenvalue weighted by atomic mass is 9.72. The molecule has 1 aliphatic heterocycles. The van der Waals surface area contributed by atoms with Gasteiger partial charge in [0.25, 0.3) is 0 Å². The number of aliphatic hydroxyl groups excluding tert-OH is 2. The second kappa shape index (κ2) is 9.80. The van der Waals surface area contributed by atoms with Crippen molar-refractivity contribution in [2.75, 3.05) is 13.7 Å². The topological polar surface area (TPSA) is 226 Å². The molecule has 0 radical (unpaired) electrons. The van der Waals surface area contributed by atoms with Crippen molar-refractivity contribution in [3.8, 4) is 23.0 Å². The van der Waals surface area contributed by atoms with Gasteiger partial charge in [0.05, 0.1) is 42.1 Å². The molecule has 5 rings (SSSR count). The van der Waals surface area contributed by atoms with Crippen LogP contribution in [0.1, 0.15) is 68.8 Å². The zero-order chi connectivity index (χ0) is 29.3. The third-order valence-corrected chi connectivity index (χ3v) is 7.90. The highest BCUT2D eigenvalue weighted by Crippen LogP contribution is 2.53. The molecule has 13 heteroatoms. The first-order chi connectivity index (χ1) is 18.8. The van der Waals surface area contributed by atoms with E-state index in [0.717, 1.165) is 6.07 Å². The number of carbonyl (C=O) groups excluding carboxylic acids is 3. The Hall–Kier alpha value is -3.59. The molecule has 0 aromatic heterocycles. The Balaban J connectivity index is 1.70. The van der Waals surface area contributed by atoms with E-state index in [0.29, 0.717) is 0 Å². The number of rotatable bonds is 5. The molecular formula is C27H29NO12. The highest BCUT2D eigenvalue weighted by Gasteiger charge is 2.50. The van der Waals surface area contributed by atoms with Crippen LogP contribution in [0.25, 0.3) is 0 Å². The Morgan fingerprint density at radius 2 is 1.80 bits per heavy atom. The van der Waals surface area contributed by atoms with E-state index in [9.17, 15) is 45.0 Å². The maximum Gasteiger partial charge on any atom is 0.202 e. The Labute approximate surface area is 227 Å². The molecule has 1 heterocycles. The van der Waals surface area contributed by atoms with Crippen molar-refractivity contribution in [1.29, 1.82) is 0 Å². The lowest BCUT2D eigenvalue weighted by molar-refractivity contribution is -0.247. The molecule has 0 unspecified atom stereocenters. The molecule has 13 nitrogen and oxygen atoms in total. The van der Waals surface area contributed by atoms with Gasteiger partial charge in [-0.25, -0.2) is 0 Å². The van der Waals surface area contributed by atoms with E-state index < -0.39 is 101 Å². The highest BCUT2D eigenvalue weighted by molar-refractivity contribution is 6.31. The normalized spacial score (nSPS) is 29.4. The van der Waals surface area contributed by atoms with E-state index in [1.54, 1.807) is 6.92 Å². The standard InChI is InChI=1S/C27H29NO12/c1-9-21(32)12(28)5-16(39-9)40-14-7-27(37,15(31)8-29)6-11-17(14)24(35)20-19(23(11)34)22(33)10-3-4-13(30)26(38-2)18(10)25(20)36/h3-4,9,12,14,16,21,29-30,32,34-35,37H,5-8,28H2,1-2H3/t9-,12-,14-,16-,21+,27-/m0/s1. The predicted octanol–water partition coefficient (Wildman–Crippen LogP) is -0.293. The van der Waals surface area contributed by atoms with Gasteiger partial charge in [-0.1, -0.05) is 0 Å². The molecule has 0 saturated carbocycles. The van der Waals surface area contributed by atoms with Gasteiger partial charge in [-0.05, 0) is 19.1 Å². The minimum atomic E-state index is -2.28. The second-order valence-corrected chi connectivity index (χ2v) is 10.3. The number of fused-ring (bicyclic) bond motifs is 3. The summed E-state index contributed by atoms with van der Waals surface area (Å²) in [5.41, 5.74) is 1.65. The van der Waals surface area contributed by atoms with Crippen LogP contribution < -0.4 is 10.5 Å². The molecule has 2 aliphatic carbocycles. The van der Waals surface area contributed by atoms with Crippen LogP contribution in [0.4, 0.5) is 0 Å². The van der Waals surface area contributed by atoms with Crippen LogP contribution in [0.15, 0.2) is 12.1 Å². The quantitative estimate of drug-likeness (QED) is 0.200. The third kappa shape index (κ3) is 4.05. The minimum absolute atomic E-state index is 0.0112. The number of carbonyl (C=O) groups is 3. The van der Waals surface area contributed by atoms with Crippen LogP contribution in [0.5, 0.6) is 23.0 Å². The second-order valence-electron chi connectivity index (χ2n) is 10.3. The molecule has 6 atom stereocenters. The van der Waals surface area contributed by atoms with Gasteiger partial charge in [0.1, 0.15) is 23.7 Å². The van der Waals surface area contributed by atoms with Crippen molar-refractivity contribution in [3.05, 3.63) is 45.5 Å². The number of hydrogen-bond donors (Lipinski definition) is 7. The van der Waals surface area contributed by atoms with Crippen molar-refractivity contribution in [2.45, 2.75) is 62.4 Å². The van der Waals surface area contributed by atoms with Crippen LogP contribution in [0, 0.1) is 0 Å². The molecule has 214 valence electrons. The molecule has 0 spiro atoms. The zero-order valence-corrected chi connectivity index (χ0v) is 21.6. The Morgan fingerprint density at radius 1 is 1.12 bits per heavy atom. The van der Waals surface area contributed by atoms with Gasteiger partial charge >= 0.3 is 0 Å². The number of methoxy groups -OCH3 is 1. The van der Waals surface area contributed by atoms with E-state index in [-0.39, 0.29) is 34.4 Å². The lowest BCUT2D eigenvalue weighted by Crippen LogP contribution is -2.53. The summed E-state index contributed by atoms with van der Waals surface area (Å²) < 4.78 is 16.8. The van der Waals surface area contributed by atoms with Crippen LogP contribution in [0.3, 0.4) is 0 Å². The van der Waals surface area contributed by atoms with E-state index >= 15 is 0 Å². The van der Waals surface area contributed by atoms with E-state index in [1.165, 1.54) is 13.2 Å². The van der Waals surface area contributed by atoms with Crippen molar-refractivity contribution in [1.82, 2.24) is 0 Å². The van der Waals surface area contributed by atoms with Crippen molar-refractivity contribution < 1.29 is 59.2 Å². The van der Waals surface area contributed by atoms with Crippen molar-refractivity contribution in [3.63, 3.8) is 0 Å². The summed E-state index contributed by atoms with van der Waals surface area (Å²) in [6, 6.07) is 1.55. The lowest BCUT2D eigenvalue weighted by Gasteiger charge is -2.42. The SMILES string of the molecule is COc1c(O)ccc2c1C(=O)c1c(O)c3c(c(O)c1C2=O)C[C@@](O)(C(=O)CO)C[C@@H]3O[C@H]1C[C@H](N)[C@H](O)[C@H](C)O1. The number of aliphatic hydroxyl groups is 3. The van der Waals surface area contributed by atoms with E-state index in [1.807, 2.05) is 0 Å². The minimum Gasteiger partial charge on any atom is -0.507 e. The number of benzene rings is 2. The number of hydrogen-bond acceptors (Lipinski definition) is 13. The number of Topliss-reactive ketones (excluding diaryl/α,β-unsaturated/α-hetero) is 1. The summed E-state index contributed by atoms with van der Waals surface area (Å²) in [5, 5.41) is 63.9. The molecule has 8 N–H and O–H groups in total. The molecule has 1 saturated heterocycles. The largest absolute Gasteiger partial charge is 0.507 e. The molecular weight excluding hydrogens is 530 g/mol. The first-order valence-corrected chi connectivity index (χ1v) is 12.6. The van der Waals surface area contributed by atoms with Gasteiger partial charge in [0.2, 0.25) is 5.78 Å². The maximum absolute atomic E-state index is 13.7. The first-order valence-electron chi connectivity index (χ1n) is 12.6. The van der Waals surface area contributed by atoms with Crippen LogP contribution in [0.2, 0.25) is 0 Å². The maximum atomic E-state index is 13.7. The molecule has 1 fully saturated rings. The number of ketones is 3. The van der Waals surface area contributed by atoms with Crippen LogP contribution >= 0.6 is 0 Å². The third-order valence-electron chi connectivity index (χ3n) is 7.90. The van der Waals surface area contributed by atoms with Gasteiger partial charge in [-0.15, -0.1) is 0 Å². The van der Waals surface area contributed by atoms with Gasteiger partial charge in [-0.2, -0.15) is 0 Å². The van der Waals surface area contributed by atoms with Gasteiger partial charge in [-0.3, -0.25) is 14.4 Å². The Morgan fingerprint density at radius 3 is 2.42 bits per heavy atom. The fourth-order valence-electron chi connectivity index (χ4n) is 5.82. The summed E-state index contributed by atoms with van der Waals surface area (Å²) >= 11 is 0. The predicted molar refractivity (Wildman–Crippen MR) is 133 cm³/mol. The fraction of sp³-hybridized carbons (Fsp3) is 0.444. The summed E-state index contributed by atoms with van der Waals surface area (Å²) in [6.45, 7) is 0.517. The van der Waals surface area contributed by atoms with Gasteiger partial charge in [0.15, 0.2) is 29.4 Å². The van der Waals surface area contributed by atoms with E-state index in [2.05, 4.69) is 0 Å². The first kappa shape index (κ1) is 28.0.